The zero-order valence-corrected chi connectivity index (χ0v) is 37.8. The highest BCUT2D eigenvalue weighted by atomic mass is 32.1. The van der Waals surface area contributed by atoms with Crippen LogP contribution in [-0.4, -0.2) is 0 Å². The van der Waals surface area contributed by atoms with Crippen molar-refractivity contribution in [3.05, 3.63) is 239 Å². The molecule has 0 radical (unpaired) electrons. The van der Waals surface area contributed by atoms with Crippen LogP contribution < -0.4 is 0 Å². The van der Waals surface area contributed by atoms with Gasteiger partial charge in [0.2, 0.25) is 0 Å². The van der Waals surface area contributed by atoms with E-state index in [1.54, 1.807) is 0 Å². The Morgan fingerprint density at radius 1 is 0.406 bits per heavy atom. The topological polar surface area (TPSA) is 0 Å². The molecule has 12 rings (SSSR count). The number of hydrogen-bond donors (Lipinski definition) is 0. The van der Waals surface area contributed by atoms with Crippen LogP contribution in [0.5, 0.6) is 0 Å². The van der Waals surface area contributed by atoms with Crippen molar-refractivity contribution >= 4 is 31.5 Å². The summed E-state index contributed by atoms with van der Waals surface area (Å²) in [5.74, 6) is 0.216. The van der Waals surface area contributed by atoms with Crippen molar-refractivity contribution in [2.45, 2.75) is 57.3 Å². The van der Waals surface area contributed by atoms with Gasteiger partial charge in [-0.15, -0.1) is 11.3 Å². The number of thiophene rings is 1. The van der Waals surface area contributed by atoms with Crippen LogP contribution in [0.15, 0.2) is 200 Å². The lowest BCUT2D eigenvalue weighted by Gasteiger charge is -2.26. The van der Waals surface area contributed by atoms with Gasteiger partial charge in [0, 0.05) is 36.9 Å². The van der Waals surface area contributed by atoms with Crippen LogP contribution >= 0.6 is 11.3 Å². The third-order valence-corrected chi connectivity index (χ3v) is 16.0. The zero-order valence-electron chi connectivity index (χ0n) is 37.0. The average Bonchev–Trinajstić information content (AvgIpc) is 3.91. The SMILES string of the molecule is CC1(C)c2cc(CCC(c3ccc(-c4cccc5c4sc4ccccc45)cc3)c3ccccc3-c3ccccc3)ccc2-c2cc3c(cc21)C(C)(C)c1cccc(-c2ccccc2)c1-3. The Labute approximate surface area is 381 Å². The average molecular weight is 839 g/mol. The molecule has 0 saturated heterocycles. The smallest absolute Gasteiger partial charge is 0.0433 e. The molecule has 10 aromatic rings. The van der Waals surface area contributed by atoms with Gasteiger partial charge in [-0.05, 0) is 120 Å². The van der Waals surface area contributed by atoms with Gasteiger partial charge >= 0.3 is 0 Å². The molecule has 64 heavy (non-hydrogen) atoms. The van der Waals surface area contributed by atoms with Crippen LogP contribution in [0.4, 0.5) is 0 Å². The first-order valence-electron chi connectivity index (χ1n) is 22.9. The maximum atomic E-state index is 2.57. The molecule has 1 unspecified atom stereocenters. The summed E-state index contributed by atoms with van der Waals surface area (Å²) in [6.45, 7) is 9.71. The molecule has 9 aromatic carbocycles. The zero-order chi connectivity index (χ0) is 43.2. The molecule has 1 atom stereocenters. The monoisotopic (exact) mass is 838 g/mol. The summed E-state index contributed by atoms with van der Waals surface area (Å²) < 4.78 is 2.70. The molecule has 0 aliphatic heterocycles. The molecule has 0 saturated carbocycles. The number of hydrogen-bond acceptors (Lipinski definition) is 1. The summed E-state index contributed by atoms with van der Waals surface area (Å²) in [5, 5.41) is 2.68. The van der Waals surface area contributed by atoms with Crippen LogP contribution in [0, 0.1) is 0 Å². The molecule has 1 heteroatoms. The molecule has 0 bridgehead atoms. The van der Waals surface area contributed by atoms with Crippen molar-refractivity contribution in [3.8, 4) is 55.6 Å². The van der Waals surface area contributed by atoms with E-state index in [9.17, 15) is 0 Å². The van der Waals surface area contributed by atoms with Gasteiger partial charge in [0.25, 0.3) is 0 Å². The standard InChI is InChI=1S/C63H50S/c1-62(2)55-27-16-24-47(42-19-9-6-10-20-42)60(55)54-38-53-50-36-30-40(37-56(50)63(3,4)57(53)39-58(54)62)29-35-46(49-22-12-11-21-45(49)41-17-7-5-8-18-41)43-31-33-44(34-32-43)48-25-15-26-52-51-23-13-14-28-59(51)64-61(48)52/h5-28,30-34,36-39,46H,29,35H2,1-4H3. The van der Waals surface area contributed by atoms with E-state index in [1.165, 1.54) is 115 Å². The van der Waals surface area contributed by atoms with Crippen LogP contribution in [0.25, 0.3) is 75.8 Å². The summed E-state index contributed by atoms with van der Waals surface area (Å²) in [7, 11) is 0. The number of fused-ring (bicyclic) bond motifs is 9. The van der Waals surface area contributed by atoms with Gasteiger partial charge in [-0.3, -0.25) is 0 Å². The summed E-state index contributed by atoms with van der Waals surface area (Å²) in [6, 6.07) is 75.5. The largest absolute Gasteiger partial charge is 0.135 e. The molecule has 308 valence electrons. The Morgan fingerprint density at radius 2 is 1.00 bits per heavy atom. The minimum atomic E-state index is -0.116. The molecular weight excluding hydrogens is 789 g/mol. The molecule has 0 amide bonds. The first-order valence-corrected chi connectivity index (χ1v) is 23.7. The van der Waals surface area contributed by atoms with Crippen molar-refractivity contribution in [2.24, 2.45) is 0 Å². The summed E-state index contributed by atoms with van der Waals surface area (Å²) in [5.41, 5.74) is 23.0. The molecule has 1 heterocycles. The summed E-state index contributed by atoms with van der Waals surface area (Å²) in [6.07, 6.45) is 1.98. The quantitative estimate of drug-likeness (QED) is 0.143. The molecule has 2 aliphatic rings. The van der Waals surface area contributed by atoms with Crippen molar-refractivity contribution in [1.29, 1.82) is 0 Å². The van der Waals surface area contributed by atoms with E-state index >= 15 is 0 Å². The van der Waals surface area contributed by atoms with E-state index in [4.69, 9.17) is 0 Å². The lowest BCUT2D eigenvalue weighted by molar-refractivity contribution is 0.638. The highest BCUT2D eigenvalue weighted by Crippen LogP contribution is 2.58. The van der Waals surface area contributed by atoms with Crippen molar-refractivity contribution < 1.29 is 0 Å². The second-order valence-electron chi connectivity index (χ2n) is 19.1. The van der Waals surface area contributed by atoms with Gasteiger partial charge < -0.3 is 0 Å². The van der Waals surface area contributed by atoms with Gasteiger partial charge in [0.05, 0.1) is 0 Å². The van der Waals surface area contributed by atoms with Gasteiger partial charge in [0.1, 0.15) is 0 Å². The molecule has 0 spiro atoms. The molecule has 0 fully saturated rings. The Hall–Kier alpha value is -6.80. The van der Waals surface area contributed by atoms with Crippen LogP contribution in [0.2, 0.25) is 0 Å². The predicted molar refractivity (Wildman–Crippen MR) is 274 cm³/mol. The minimum Gasteiger partial charge on any atom is -0.135 e. The number of aryl methyl sites for hydroxylation is 1. The van der Waals surface area contributed by atoms with Gasteiger partial charge in [-0.25, -0.2) is 0 Å². The number of rotatable bonds is 8. The summed E-state index contributed by atoms with van der Waals surface area (Å²) in [4.78, 5) is 0. The minimum absolute atomic E-state index is 0.0876. The third-order valence-electron chi connectivity index (χ3n) is 14.8. The number of benzene rings is 9. The molecule has 0 nitrogen and oxygen atoms in total. The van der Waals surface area contributed by atoms with Gasteiger partial charge in [-0.2, -0.15) is 0 Å². The first-order chi connectivity index (χ1) is 31.3. The molecular formula is C63H50S. The lowest BCUT2D eigenvalue weighted by Crippen LogP contribution is -2.19. The van der Waals surface area contributed by atoms with E-state index in [1.807, 2.05) is 11.3 Å². The summed E-state index contributed by atoms with van der Waals surface area (Å²) >= 11 is 1.90. The Kier molecular flexibility index (Phi) is 9.04. The molecule has 1 aromatic heterocycles. The lowest BCUT2D eigenvalue weighted by atomic mass is 9.77. The second-order valence-corrected chi connectivity index (χ2v) is 20.2. The fraction of sp³-hybridized carbons (Fsp3) is 0.143. The molecule has 2 aliphatic carbocycles. The third kappa shape index (κ3) is 6.09. The van der Waals surface area contributed by atoms with E-state index < -0.39 is 0 Å². The fourth-order valence-electron chi connectivity index (χ4n) is 11.4. The maximum Gasteiger partial charge on any atom is 0.0433 e. The van der Waals surface area contributed by atoms with E-state index in [0.29, 0.717) is 0 Å². The van der Waals surface area contributed by atoms with E-state index in [-0.39, 0.29) is 16.7 Å². The Bertz CT molecular complexity index is 3420. The van der Waals surface area contributed by atoms with Crippen molar-refractivity contribution in [2.75, 3.05) is 0 Å². The van der Waals surface area contributed by atoms with Crippen LogP contribution in [0.1, 0.15) is 79.0 Å². The van der Waals surface area contributed by atoms with Crippen LogP contribution in [-0.2, 0) is 17.3 Å². The highest BCUT2D eigenvalue weighted by Gasteiger charge is 2.42. The second kappa shape index (κ2) is 14.9. The highest BCUT2D eigenvalue weighted by molar-refractivity contribution is 7.26. The van der Waals surface area contributed by atoms with E-state index in [0.717, 1.165) is 12.8 Å². The van der Waals surface area contributed by atoms with Crippen LogP contribution in [0.3, 0.4) is 0 Å². The fourth-order valence-corrected chi connectivity index (χ4v) is 12.7. The van der Waals surface area contributed by atoms with Gasteiger partial charge in [0.15, 0.2) is 0 Å². The first kappa shape index (κ1) is 38.8. The maximum absolute atomic E-state index is 2.57. The normalized spacial score (nSPS) is 14.6. The molecule has 0 N–H and O–H groups in total. The Balaban J connectivity index is 0.911. The Morgan fingerprint density at radius 3 is 1.80 bits per heavy atom. The van der Waals surface area contributed by atoms with Crippen molar-refractivity contribution in [1.82, 2.24) is 0 Å². The predicted octanol–water partition coefficient (Wildman–Crippen LogP) is 17.4. The van der Waals surface area contributed by atoms with Gasteiger partial charge in [-0.1, -0.05) is 216 Å². The van der Waals surface area contributed by atoms with E-state index in [2.05, 4.69) is 228 Å². The van der Waals surface area contributed by atoms with Crippen molar-refractivity contribution in [3.63, 3.8) is 0 Å².